The number of carbonyl (C=O) groups is 1. The largest absolute Gasteiger partial charge is 0.342 e. The molecule has 0 bridgehead atoms. The van der Waals surface area contributed by atoms with Crippen molar-refractivity contribution in [3.05, 3.63) is 29.0 Å². The van der Waals surface area contributed by atoms with Gasteiger partial charge in [0.05, 0.1) is 11.6 Å². The third-order valence-corrected chi connectivity index (χ3v) is 3.25. The molecule has 0 radical (unpaired) electrons. The average molecular weight is 254 g/mol. The summed E-state index contributed by atoms with van der Waals surface area (Å²) in [5.74, 6) is 0.174. The Bertz CT molecular complexity index is 391. The molecule has 0 aromatic carbocycles. The zero-order chi connectivity index (χ0) is 12.1. The van der Waals surface area contributed by atoms with Crippen LogP contribution in [-0.2, 0) is 11.3 Å². The number of hydrogen-bond acceptors (Lipinski definition) is 3. The predicted octanol–water partition coefficient (Wildman–Crippen LogP) is 1.45. The first-order valence-electron chi connectivity index (χ1n) is 5.84. The number of aromatic nitrogens is 1. The van der Waals surface area contributed by atoms with Crippen LogP contribution in [0.4, 0.5) is 0 Å². The van der Waals surface area contributed by atoms with Gasteiger partial charge in [-0.05, 0) is 24.5 Å². The Balaban J connectivity index is 1.76. The Labute approximate surface area is 106 Å². The molecule has 1 N–H and O–H groups in total. The Morgan fingerprint density at radius 2 is 2.24 bits per heavy atom. The van der Waals surface area contributed by atoms with Crippen LogP contribution in [0, 0.1) is 0 Å². The van der Waals surface area contributed by atoms with Gasteiger partial charge in [0.2, 0.25) is 5.91 Å². The third kappa shape index (κ3) is 3.41. The lowest BCUT2D eigenvalue weighted by molar-refractivity contribution is -0.129. The summed E-state index contributed by atoms with van der Waals surface area (Å²) in [6.07, 6.45) is 5.57. The van der Waals surface area contributed by atoms with Gasteiger partial charge in [0.1, 0.15) is 0 Å². The number of likely N-dealkylation sites (tertiary alicyclic amines) is 1. The maximum absolute atomic E-state index is 11.7. The van der Waals surface area contributed by atoms with E-state index in [1.807, 2.05) is 11.0 Å². The van der Waals surface area contributed by atoms with Crippen molar-refractivity contribution < 1.29 is 4.79 Å². The molecule has 0 aliphatic carbocycles. The van der Waals surface area contributed by atoms with E-state index in [9.17, 15) is 4.79 Å². The smallest absolute Gasteiger partial charge is 0.236 e. The van der Waals surface area contributed by atoms with Crippen molar-refractivity contribution in [1.82, 2.24) is 15.2 Å². The van der Waals surface area contributed by atoms with E-state index in [2.05, 4.69) is 10.3 Å². The topological polar surface area (TPSA) is 45.2 Å². The number of halogens is 1. The van der Waals surface area contributed by atoms with E-state index in [0.717, 1.165) is 31.5 Å². The van der Waals surface area contributed by atoms with Crippen LogP contribution < -0.4 is 5.32 Å². The maximum atomic E-state index is 11.7. The number of carbonyl (C=O) groups excluding carboxylic acids is 1. The van der Waals surface area contributed by atoms with E-state index >= 15 is 0 Å². The second-order valence-corrected chi connectivity index (χ2v) is 4.57. The third-order valence-electron chi connectivity index (χ3n) is 2.91. The highest BCUT2D eigenvalue weighted by Gasteiger charge is 2.16. The Morgan fingerprint density at radius 1 is 1.47 bits per heavy atom. The molecule has 0 saturated carbocycles. The summed E-state index contributed by atoms with van der Waals surface area (Å²) in [7, 11) is 0. The number of amides is 1. The fourth-order valence-corrected chi connectivity index (χ4v) is 2.12. The molecular weight excluding hydrogens is 238 g/mol. The zero-order valence-electron chi connectivity index (χ0n) is 9.66. The van der Waals surface area contributed by atoms with E-state index < -0.39 is 0 Å². The number of nitrogens with one attached hydrogen (secondary N) is 1. The van der Waals surface area contributed by atoms with Crippen molar-refractivity contribution in [3.63, 3.8) is 0 Å². The SMILES string of the molecule is O=C(CNCc1ccncc1Cl)N1CCCC1. The van der Waals surface area contributed by atoms with Crippen molar-refractivity contribution in [1.29, 1.82) is 0 Å². The molecule has 92 valence electrons. The first-order chi connectivity index (χ1) is 8.27. The normalized spacial score (nSPS) is 15.2. The Hall–Kier alpha value is -1.13. The second kappa shape index (κ2) is 5.98. The fraction of sp³-hybridized carbons (Fsp3) is 0.500. The lowest BCUT2D eigenvalue weighted by Crippen LogP contribution is -2.36. The zero-order valence-corrected chi connectivity index (χ0v) is 10.4. The summed E-state index contributed by atoms with van der Waals surface area (Å²) < 4.78 is 0. The van der Waals surface area contributed by atoms with E-state index in [1.54, 1.807) is 12.4 Å². The molecule has 2 rings (SSSR count). The summed E-state index contributed by atoms with van der Waals surface area (Å²) >= 11 is 5.97. The maximum Gasteiger partial charge on any atom is 0.236 e. The molecule has 0 unspecified atom stereocenters. The first-order valence-corrected chi connectivity index (χ1v) is 6.22. The molecular formula is C12H16ClN3O. The van der Waals surface area contributed by atoms with Crippen LogP contribution in [0.5, 0.6) is 0 Å². The average Bonchev–Trinajstić information content (AvgIpc) is 2.85. The van der Waals surface area contributed by atoms with Crippen molar-refractivity contribution in [2.75, 3.05) is 19.6 Å². The minimum atomic E-state index is 0.174. The number of rotatable bonds is 4. The molecule has 4 nitrogen and oxygen atoms in total. The Morgan fingerprint density at radius 3 is 2.94 bits per heavy atom. The van der Waals surface area contributed by atoms with Gasteiger partial charge in [-0.2, -0.15) is 0 Å². The molecule has 1 fully saturated rings. The van der Waals surface area contributed by atoms with Crippen LogP contribution in [0.2, 0.25) is 5.02 Å². The summed E-state index contributed by atoms with van der Waals surface area (Å²) in [5, 5.41) is 3.75. The van der Waals surface area contributed by atoms with Gasteiger partial charge < -0.3 is 10.2 Å². The van der Waals surface area contributed by atoms with Gasteiger partial charge in [-0.1, -0.05) is 11.6 Å². The van der Waals surface area contributed by atoms with Gasteiger partial charge in [0, 0.05) is 32.0 Å². The monoisotopic (exact) mass is 253 g/mol. The quantitative estimate of drug-likeness (QED) is 0.883. The van der Waals surface area contributed by atoms with Gasteiger partial charge in [0.25, 0.3) is 0 Å². The van der Waals surface area contributed by atoms with Crippen LogP contribution in [-0.4, -0.2) is 35.4 Å². The lowest BCUT2D eigenvalue weighted by Gasteiger charge is -2.15. The number of pyridine rings is 1. The van der Waals surface area contributed by atoms with Crippen LogP contribution >= 0.6 is 11.6 Å². The van der Waals surface area contributed by atoms with Crippen LogP contribution in [0.15, 0.2) is 18.5 Å². The standard InChI is InChI=1S/C12H16ClN3O/c13-11-8-14-4-3-10(11)7-15-9-12(17)16-5-1-2-6-16/h3-4,8,15H,1-2,5-7,9H2. The molecule has 1 aromatic rings. The van der Waals surface area contributed by atoms with Gasteiger partial charge in [-0.25, -0.2) is 0 Å². The summed E-state index contributed by atoms with van der Waals surface area (Å²) in [6, 6.07) is 1.86. The first kappa shape index (κ1) is 12.3. The van der Waals surface area contributed by atoms with E-state index in [4.69, 9.17) is 11.6 Å². The van der Waals surface area contributed by atoms with Crippen LogP contribution in [0.1, 0.15) is 18.4 Å². The van der Waals surface area contributed by atoms with Gasteiger partial charge in [-0.3, -0.25) is 9.78 Å². The molecule has 0 atom stereocenters. The lowest BCUT2D eigenvalue weighted by atomic mass is 10.2. The number of nitrogens with zero attached hydrogens (tertiary/aromatic N) is 2. The summed E-state index contributed by atoms with van der Waals surface area (Å²) in [5.41, 5.74) is 0.968. The molecule has 0 spiro atoms. The van der Waals surface area contributed by atoms with Crippen molar-refractivity contribution in [3.8, 4) is 0 Å². The van der Waals surface area contributed by atoms with Crippen LogP contribution in [0.3, 0.4) is 0 Å². The molecule has 1 aromatic heterocycles. The van der Waals surface area contributed by atoms with Gasteiger partial charge >= 0.3 is 0 Å². The van der Waals surface area contributed by atoms with Crippen molar-refractivity contribution in [2.45, 2.75) is 19.4 Å². The minimum absolute atomic E-state index is 0.174. The second-order valence-electron chi connectivity index (χ2n) is 4.16. The molecule has 1 saturated heterocycles. The van der Waals surface area contributed by atoms with Crippen molar-refractivity contribution in [2.24, 2.45) is 0 Å². The van der Waals surface area contributed by atoms with Gasteiger partial charge in [-0.15, -0.1) is 0 Å². The minimum Gasteiger partial charge on any atom is -0.342 e. The number of hydrogen-bond donors (Lipinski definition) is 1. The van der Waals surface area contributed by atoms with E-state index in [-0.39, 0.29) is 5.91 Å². The highest BCUT2D eigenvalue weighted by atomic mass is 35.5. The van der Waals surface area contributed by atoms with E-state index in [0.29, 0.717) is 18.1 Å². The van der Waals surface area contributed by atoms with E-state index in [1.165, 1.54) is 0 Å². The molecule has 17 heavy (non-hydrogen) atoms. The molecule has 1 aliphatic heterocycles. The fourth-order valence-electron chi connectivity index (χ4n) is 1.93. The van der Waals surface area contributed by atoms with Gasteiger partial charge in [0.15, 0.2) is 0 Å². The molecule has 2 heterocycles. The van der Waals surface area contributed by atoms with Crippen LogP contribution in [0.25, 0.3) is 0 Å². The highest BCUT2D eigenvalue weighted by molar-refractivity contribution is 6.31. The molecule has 1 aliphatic rings. The summed E-state index contributed by atoms with van der Waals surface area (Å²) in [4.78, 5) is 17.6. The highest BCUT2D eigenvalue weighted by Crippen LogP contribution is 2.12. The molecule has 5 heteroatoms. The summed E-state index contributed by atoms with van der Waals surface area (Å²) in [6.45, 7) is 2.77. The predicted molar refractivity (Wildman–Crippen MR) is 66.8 cm³/mol. The van der Waals surface area contributed by atoms with Crippen molar-refractivity contribution >= 4 is 17.5 Å². The molecule has 1 amide bonds. The Kier molecular flexibility index (Phi) is 4.34.